The van der Waals surface area contributed by atoms with Crippen LogP contribution in [0.2, 0.25) is 0 Å². The van der Waals surface area contributed by atoms with Gasteiger partial charge >= 0.3 is 0 Å². The molecule has 0 fully saturated rings. The number of fused-ring (bicyclic) bond motifs is 7. The lowest BCUT2D eigenvalue weighted by molar-refractivity contribution is 0.590. The van der Waals surface area contributed by atoms with Crippen molar-refractivity contribution in [3.05, 3.63) is 242 Å². The van der Waals surface area contributed by atoms with Crippen LogP contribution >= 0.6 is 0 Å². The van der Waals surface area contributed by atoms with Crippen molar-refractivity contribution >= 4 is 79.0 Å². The van der Waals surface area contributed by atoms with Gasteiger partial charge in [0.1, 0.15) is 0 Å². The van der Waals surface area contributed by atoms with Crippen molar-refractivity contribution in [1.29, 1.82) is 0 Å². The van der Waals surface area contributed by atoms with Crippen LogP contribution in [0.3, 0.4) is 0 Å². The van der Waals surface area contributed by atoms with E-state index in [9.17, 15) is 5.48 Å². The smallest absolute Gasteiger partial charge is 0.252 e. The number of rotatable bonds is 6. The molecule has 0 saturated carbocycles. The molecule has 322 valence electrons. The maximum absolute atomic E-state index is 9.41. The SMILES string of the molecule is [2H]c1c([2H])c([2H])c2c(c1[2H])c1c([2H])c([2H])c([2H])c([2H])c1n2-c1ccc2c(c1)N(c1cccc(-c3ccccc3)c1)c1cc(C(C)(C)C)cc3c1B2c1cc(-c2ccccc2)ccc1N3c1ccc(-c2ccccc2)cc1. The summed E-state index contributed by atoms with van der Waals surface area (Å²) < 4.78 is 74.1. The summed E-state index contributed by atoms with van der Waals surface area (Å²) in [4.78, 5) is 4.73. The Morgan fingerprint density at radius 1 is 0.382 bits per heavy atom. The lowest BCUT2D eigenvalue weighted by atomic mass is 9.33. The van der Waals surface area contributed by atoms with E-state index in [0.717, 1.165) is 89.5 Å². The normalized spacial score (nSPS) is 14.5. The monoisotopic (exact) mass is 877 g/mol. The molecule has 0 N–H and O–H groups in total. The van der Waals surface area contributed by atoms with Gasteiger partial charge in [-0.1, -0.05) is 190 Å². The second kappa shape index (κ2) is 15.6. The third-order valence-electron chi connectivity index (χ3n) is 13.8. The Morgan fingerprint density at radius 2 is 0.882 bits per heavy atom. The van der Waals surface area contributed by atoms with Crippen molar-refractivity contribution in [2.75, 3.05) is 9.80 Å². The summed E-state index contributed by atoms with van der Waals surface area (Å²) >= 11 is 0. The fraction of sp³-hybridized carbons (Fsp3) is 0.0625. The molecule has 2 aliphatic rings. The largest absolute Gasteiger partial charge is 0.311 e. The predicted octanol–water partition coefficient (Wildman–Crippen LogP) is 15.2. The number of benzene rings is 10. The molecule has 0 saturated heterocycles. The van der Waals surface area contributed by atoms with Crippen LogP contribution < -0.4 is 26.2 Å². The first-order valence-corrected chi connectivity index (χ1v) is 23.1. The number of nitrogens with zero attached hydrogens (tertiary/aromatic N) is 3. The molecular formula is C64H48BN3. The van der Waals surface area contributed by atoms with Crippen molar-refractivity contribution in [3.8, 4) is 39.1 Å². The molecule has 0 unspecified atom stereocenters. The quantitative estimate of drug-likeness (QED) is 0.154. The average Bonchev–Trinajstić information content (AvgIpc) is 3.91. The van der Waals surface area contributed by atoms with Gasteiger partial charge in [-0.05, 0) is 127 Å². The minimum absolute atomic E-state index is 0.0366. The van der Waals surface area contributed by atoms with Crippen molar-refractivity contribution in [2.24, 2.45) is 0 Å². The Labute approximate surface area is 410 Å². The van der Waals surface area contributed by atoms with Crippen LogP contribution in [0.25, 0.3) is 60.9 Å². The highest BCUT2D eigenvalue weighted by atomic mass is 15.2. The van der Waals surface area contributed by atoms with E-state index in [1.165, 1.54) is 0 Å². The van der Waals surface area contributed by atoms with E-state index in [0.29, 0.717) is 5.69 Å². The van der Waals surface area contributed by atoms with Gasteiger partial charge in [0, 0.05) is 50.6 Å². The van der Waals surface area contributed by atoms with Gasteiger partial charge in [0.05, 0.1) is 22.0 Å². The zero-order valence-electron chi connectivity index (χ0n) is 45.8. The van der Waals surface area contributed by atoms with Crippen LogP contribution in [-0.2, 0) is 5.41 Å². The molecule has 68 heavy (non-hydrogen) atoms. The lowest BCUT2D eigenvalue weighted by Crippen LogP contribution is -2.61. The molecule has 3 nitrogen and oxygen atoms in total. The average molecular weight is 878 g/mol. The van der Waals surface area contributed by atoms with E-state index in [-0.39, 0.29) is 58.1 Å². The first-order valence-electron chi connectivity index (χ1n) is 27.1. The van der Waals surface area contributed by atoms with Gasteiger partial charge in [0.15, 0.2) is 0 Å². The Hall–Kier alpha value is -8.34. The fourth-order valence-corrected chi connectivity index (χ4v) is 10.5. The van der Waals surface area contributed by atoms with Crippen LogP contribution in [0, 0.1) is 0 Å². The van der Waals surface area contributed by atoms with E-state index in [2.05, 4.69) is 176 Å². The summed E-state index contributed by atoms with van der Waals surface area (Å²) in [6.07, 6.45) is 0. The van der Waals surface area contributed by atoms with Crippen LogP contribution in [-0.4, -0.2) is 11.3 Å². The molecule has 0 bridgehead atoms. The maximum Gasteiger partial charge on any atom is 0.252 e. The maximum atomic E-state index is 9.41. The summed E-state index contributed by atoms with van der Waals surface area (Å²) in [6, 6.07) is 62.7. The Kier molecular flexibility index (Phi) is 7.44. The molecule has 0 aliphatic carbocycles. The molecular weight excluding hydrogens is 822 g/mol. The zero-order chi connectivity index (χ0) is 52.5. The predicted molar refractivity (Wildman–Crippen MR) is 290 cm³/mol. The van der Waals surface area contributed by atoms with E-state index in [4.69, 9.17) is 5.48 Å². The second-order valence-electron chi connectivity index (χ2n) is 18.8. The standard InChI is InChI=1S/C64H48BN3/c1-64(2,3)49-40-61-63-62(41-49)68(51-25-17-24-47(38-51)44-20-9-5-10-21-44)60-42-52(67-57-28-15-13-26-53(57)54-27-14-16-29-58(54)67)35-36-55(60)65(63)56-39-48(45-22-11-6-12-23-45)32-37-59(56)66(61)50-33-30-46(31-34-50)43-18-7-4-8-19-43/h4-42H,1-3H3/i13D,14D,15D,16D,26D,27D,28D,29D. The molecule has 10 aromatic carbocycles. The third-order valence-corrected chi connectivity index (χ3v) is 13.8. The second-order valence-corrected chi connectivity index (χ2v) is 18.8. The third kappa shape index (κ3) is 6.43. The fourth-order valence-electron chi connectivity index (χ4n) is 10.5. The van der Waals surface area contributed by atoms with Gasteiger partial charge in [-0.2, -0.15) is 0 Å². The number of anilines is 6. The molecule has 0 amide bonds. The highest BCUT2D eigenvalue weighted by Gasteiger charge is 2.44. The topological polar surface area (TPSA) is 11.4 Å². The summed E-state index contributed by atoms with van der Waals surface area (Å²) in [6.45, 7) is 6.40. The van der Waals surface area contributed by atoms with E-state index >= 15 is 0 Å². The first kappa shape index (κ1) is 32.4. The van der Waals surface area contributed by atoms with E-state index in [1.54, 1.807) is 4.57 Å². The highest BCUT2D eigenvalue weighted by Crippen LogP contribution is 2.48. The van der Waals surface area contributed by atoms with Gasteiger partial charge in [-0.15, -0.1) is 0 Å². The summed E-state index contributed by atoms with van der Waals surface area (Å²) in [5.41, 5.74) is 16.9. The minimum atomic E-state index is -0.479. The molecule has 0 spiro atoms. The first-order chi connectivity index (χ1) is 36.7. The molecule has 1 aromatic heterocycles. The van der Waals surface area contributed by atoms with Gasteiger partial charge in [-0.25, -0.2) is 0 Å². The molecule has 2 aliphatic heterocycles. The number of aromatic nitrogens is 1. The van der Waals surface area contributed by atoms with Gasteiger partial charge in [0.2, 0.25) is 0 Å². The van der Waals surface area contributed by atoms with Crippen LogP contribution in [0.15, 0.2) is 236 Å². The van der Waals surface area contributed by atoms with Crippen molar-refractivity contribution in [2.45, 2.75) is 26.2 Å². The minimum Gasteiger partial charge on any atom is -0.311 e. The lowest BCUT2D eigenvalue weighted by Gasteiger charge is -2.45. The van der Waals surface area contributed by atoms with Crippen molar-refractivity contribution in [3.63, 3.8) is 0 Å². The van der Waals surface area contributed by atoms with Gasteiger partial charge in [-0.3, -0.25) is 0 Å². The van der Waals surface area contributed by atoms with Gasteiger partial charge < -0.3 is 14.4 Å². The van der Waals surface area contributed by atoms with E-state index in [1.807, 2.05) is 42.5 Å². The molecule has 0 radical (unpaired) electrons. The highest BCUT2D eigenvalue weighted by molar-refractivity contribution is 7.00. The zero-order valence-corrected chi connectivity index (χ0v) is 37.8. The Morgan fingerprint density at radius 3 is 1.49 bits per heavy atom. The molecule has 13 rings (SSSR count). The van der Waals surface area contributed by atoms with Crippen molar-refractivity contribution < 1.29 is 11.0 Å². The molecule has 4 heteroatoms. The van der Waals surface area contributed by atoms with Crippen molar-refractivity contribution in [1.82, 2.24) is 4.57 Å². The summed E-state index contributed by atoms with van der Waals surface area (Å²) in [7, 11) is 0. The molecule has 0 atom stereocenters. The number of para-hydroxylation sites is 2. The van der Waals surface area contributed by atoms with E-state index < -0.39 is 24.2 Å². The van der Waals surface area contributed by atoms with Crippen LogP contribution in [0.4, 0.5) is 34.1 Å². The summed E-state index contributed by atoms with van der Waals surface area (Å²) in [5, 5.41) is 0.0731. The molecule has 3 heterocycles. The van der Waals surface area contributed by atoms with Crippen LogP contribution in [0.5, 0.6) is 0 Å². The Bertz CT molecular complexity index is 4120. The summed E-state index contributed by atoms with van der Waals surface area (Å²) in [5.74, 6) is 0. The van der Waals surface area contributed by atoms with Crippen LogP contribution in [0.1, 0.15) is 37.3 Å². The number of hydrogen-bond donors (Lipinski definition) is 0. The number of hydrogen-bond acceptors (Lipinski definition) is 2. The molecule has 11 aromatic rings. The van der Waals surface area contributed by atoms with Gasteiger partial charge in [0.25, 0.3) is 6.71 Å². The Balaban J connectivity index is 1.15.